The number of hydrogen-bond donors (Lipinski definition) is 3. The average Bonchev–Trinajstić information content (AvgIpc) is 2.65. The molecule has 9 heteroatoms. The van der Waals surface area contributed by atoms with E-state index in [-0.39, 0.29) is 43.4 Å². The van der Waals surface area contributed by atoms with E-state index in [1.807, 2.05) is 42.5 Å². The van der Waals surface area contributed by atoms with Gasteiger partial charge in [-0.05, 0) is 35.2 Å². The van der Waals surface area contributed by atoms with Crippen LogP contribution in [0.25, 0.3) is 10.8 Å². The quantitative estimate of drug-likeness (QED) is 0.685. The first-order chi connectivity index (χ1) is 12.4. The number of nitrogens with one attached hydrogen (secondary N) is 1. The van der Waals surface area contributed by atoms with E-state index in [9.17, 15) is 13.2 Å². The molecule has 1 saturated heterocycles. The molecule has 27 heavy (non-hydrogen) atoms. The Morgan fingerprint density at radius 2 is 1.78 bits per heavy atom. The van der Waals surface area contributed by atoms with Crippen LogP contribution in [-0.4, -0.2) is 38.3 Å². The molecule has 1 fully saturated rings. The predicted octanol–water partition coefficient (Wildman–Crippen LogP) is 1.29. The van der Waals surface area contributed by atoms with Crippen molar-refractivity contribution in [2.75, 3.05) is 19.6 Å². The van der Waals surface area contributed by atoms with Gasteiger partial charge in [-0.25, -0.2) is 5.14 Å². The molecule has 2 aromatic carbocycles. The van der Waals surface area contributed by atoms with Crippen molar-refractivity contribution in [3.8, 4) is 0 Å². The fourth-order valence-corrected chi connectivity index (χ4v) is 4.08. The summed E-state index contributed by atoms with van der Waals surface area (Å²) in [5, 5.41) is 10.4. The Kier molecular flexibility index (Phi) is 7.19. The summed E-state index contributed by atoms with van der Waals surface area (Å²) in [7, 11) is -3.68. The van der Waals surface area contributed by atoms with Crippen molar-refractivity contribution in [3.63, 3.8) is 0 Å². The number of halogens is 1. The molecule has 0 spiro atoms. The second kappa shape index (κ2) is 8.99. The van der Waals surface area contributed by atoms with Crippen LogP contribution in [0.2, 0.25) is 0 Å². The standard InChI is InChI=1S/C18H24N4O3S.ClH/c19-12-17(16-6-5-13-3-1-2-4-15(13)11-16)21-18(23)14-7-9-22(10-8-14)26(20,24)25;/h1-6,11,14,17H,7-10,12,19H2,(H,21,23)(H2,20,24,25);1H. The molecular weight excluding hydrogens is 388 g/mol. The summed E-state index contributed by atoms with van der Waals surface area (Å²) in [6.45, 7) is 0.820. The van der Waals surface area contributed by atoms with E-state index in [0.717, 1.165) is 16.3 Å². The predicted molar refractivity (Wildman–Crippen MR) is 109 cm³/mol. The first-order valence-corrected chi connectivity index (χ1v) is 10.2. The summed E-state index contributed by atoms with van der Waals surface area (Å²) in [5.41, 5.74) is 6.85. The molecule has 5 N–H and O–H groups in total. The van der Waals surface area contributed by atoms with Crippen LogP contribution in [0.3, 0.4) is 0 Å². The fraction of sp³-hybridized carbons (Fsp3) is 0.389. The summed E-state index contributed by atoms with van der Waals surface area (Å²) in [6, 6.07) is 13.8. The smallest absolute Gasteiger partial charge is 0.276 e. The lowest BCUT2D eigenvalue weighted by Gasteiger charge is -2.30. The molecule has 0 bridgehead atoms. The van der Waals surface area contributed by atoms with Crippen molar-refractivity contribution in [3.05, 3.63) is 48.0 Å². The number of fused-ring (bicyclic) bond motifs is 1. The molecule has 1 unspecified atom stereocenters. The van der Waals surface area contributed by atoms with E-state index in [4.69, 9.17) is 10.9 Å². The van der Waals surface area contributed by atoms with Crippen LogP contribution >= 0.6 is 12.4 Å². The summed E-state index contributed by atoms with van der Waals surface area (Å²) in [6.07, 6.45) is 0.911. The van der Waals surface area contributed by atoms with Crippen LogP contribution in [0, 0.1) is 5.92 Å². The van der Waals surface area contributed by atoms with Gasteiger partial charge in [0.2, 0.25) is 5.91 Å². The molecule has 1 amide bonds. The summed E-state index contributed by atoms with van der Waals surface area (Å²) in [4.78, 5) is 12.6. The average molecular weight is 413 g/mol. The molecule has 1 aliphatic heterocycles. The molecule has 1 aliphatic rings. The third-order valence-electron chi connectivity index (χ3n) is 4.91. The minimum absolute atomic E-state index is 0. The molecule has 0 aliphatic carbocycles. The monoisotopic (exact) mass is 412 g/mol. The zero-order valence-electron chi connectivity index (χ0n) is 14.9. The van der Waals surface area contributed by atoms with E-state index >= 15 is 0 Å². The zero-order valence-corrected chi connectivity index (χ0v) is 16.5. The Morgan fingerprint density at radius 3 is 2.37 bits per heavy atom. The minimum Gasteiger partial charge on any atom is -0.348 e. The number of carbonyl (C=O) groups excluding carboxylic acids is 1. The summed E-state index contributed by atoms with van der Waals surface area (Å²) < 4.78 is 23.9. The first kappa shape index (κ1) is 21.6. The highest BCUT2D eigenvalue weighted by molar-refractivity contribution is 7.86. The molecule has 2 aromatic rings. The Bertz CT molecular complexity index is 898. The maximum Gasteiger partial charge on any atom is 0.276 e. The number of amides is 1. The lowest BCUT2D eigenvalue weighted by atomic mass is 9.95. The SMILES string of the molecule is Cl.NCC(NC(=O)C1CCN(S(N)(=O)=O)CC1)c1ccc2ccccc2c1. The summed E-state index contributed by atoms with van der Waals surface area (Å²) in [5.74, 6) is -0.329. The molecule has 1 heterocycles. The van der Waals surface area contributed by atoms with Crippen LogP contribution in [0.15, 0.2) is 42.5 Å². The molecule has 7 nitrogen and oxygen atoms in total. The van der Waals surface area contributed by atoms with Crippen LogP contribution in [0.5, 0.6) is 0 Å². The Morgan fingerprint density at radius 1 is 1.15 bits per heavy atom. The molecule has 0 aromatic heterocycles. The number of piperidine rings is 1. The van der Waals surface area contributed by atoms with Crippen molar-refractivity contribution in [2.45, 2.75) is 18.9 Å². The number of rotatable bonds is 5. The van der Waals surface area contributed by atoms with Gasteiger partial charge in [-0.3, -0.25) is 4.79 Å². The first-order valence-electron chi connectivity index (χ1n) is 8.65. The van der Waals surface area contributed by atoms with E-state index < -0.39 is 10.2 Å². The molecule has 3 rings (SSSR count). The molecular formula is C18H25ClN4O3S. The molecule has 1 atom stereocenters. The molecule has 0 saturated carbocycles. The van der Waals surface area contributed by atoms with Gasteiger partial charge >= 0.3 is 0 Å². The Hall–Kier alpha value is -1.71. The number of benzene rings is 2. The Labute approximate surface area is 165 Å². The van der Waals surface area contributed by atoms with Crippen molar-refractivity contribution >= 4 is 39.3 Å². The van der Waals surface area contributed by atoms with Gasteiger partial charge in [-0.2, -0.15) is 12.7 Å². The van der Waals surface area contributed by atoms with Crippen molar-refractivity contribution in [1.29, 1.82) is 0 Å². The van der Waals surface area contributed by atoms with Crippen LogP contribution in [0.4, 0.5) is 0 Å². The molecule has 0 radical (unpaired) electrons. The van der Waals surface area contributed by atoms with E-state index in [1.54, 1.807) is 0 Å². The third-order valence-corrected chi connectivity index (χ3v) is 6.00. The van der Waals surface area contributed by atoms with E-state index in [0.29, 0.717) is 19.4 Å². The number of nitrogens with two attached hydrogens (primary N) is 2. The lowest BCUT2D eigenvalue weighted by molar-refractivity contribution is -0.126. The second-order valence-corrected chi connectivity index (χ2v) is 8.17. The van der Waals surface area contributed by atoms with Crippen molar-refractivity contribution in [1.82, 2.24) is 9.62 Å². The van der Waals surface area contributed by atoms with Gasteiger partial charge in [0.15, 0.2) is 0 Å². The van der Waals surface area contributed by atoms with Crippen molar-refractivity contribution in [2.24, 2.45) is 16.8 Å². The maximum absolute atomic E-state index is 12.6. The topological polar surface area (TPSA) is 119 Å². The normalized spacial score (nSPS) is 17.3. The van der Waals surface area contributed by atoms with Crippen molar-refractivity contribution < 1.29 is 13.2 Å². The van der Waals surface area contributed by atoms with Gasteiger partial charge in [0.25, 0.3) is 10.2 Å². The van der Waals surface area contributed by atoms with Gasteiger partial charge in [0.1, 0.15) is 0 Å². The summed E-state index contributed by atoms with van der Waals surface area (Å²) >= 11 is 0. The van der Waals surface area contributed by atoms with Gasteiger partial charge in [0, 0.05) is 25.6 Å². The highest BCUT2D eigenvalue weighted by Gasteiger charge is 2.30. The van der Waals surface area contributed by atoms with Crippen LogP contribution < -0.4 is 16.2 Å². The van der Waals surface area contributed by atoms with Gasteiger partial charge < -0.3 is 11.1 Å². The van der Waals surface area contributed by atoms with E-state index in [1.165, 1.54) is 4.31 Å². The maximum atomic E-state index is 12.6. The van der Waals surface area contributed by atoms with Crippen LogP contribution in [-0.2, 0) is 15.0 Å². The zero-order chi connectivity index (χ0) is 18.7. The minimum atomic E-state index is -3.68. The van der Waals surface area contributed by atoms with Crippen LogP contribution in [0.1, 0.15) is 24.4 Å². The van der Waals surface area contributed by atoms with Gasteiger partial charge in [-0.1, -0.05) is 36.4 Å². The number of hydrogen-bond acceptors (Lipinski definition) is 4. The lowest BCUT2D eigenvalue weighted by Crippen LogP contribution is -2.46. The highest BCUT2D eigenvalue weighted by Crippen LogP contribution is 2.23. The fourth-order valence-electron chi connectivity index (χ4n) is 3.36. The largest absolute Gasteiger partial charge is 0.348 e. The van der Waals surface area contributed by atoms with E-state index in [2.05, 4.69) is 5.32 Å². The highest BCUT2D eigenvalue weighted by atomic mass is 35.5. The number of carbonyl (C=O) groups is 1. The van der Waals surface area contributed by atoms with Gasteiger partial charge in [0.05, 0.1) is 6.04 Å². The molecule has 148 valence electrons. The number of nitrogens with zero attached hydrogens (tertiary/aromatic N) is 1. The second-order valence-electron chi connectivity index (χ2n) is 6.62. The Balaban J connectivity index is 0.00000261. The third kappa shape index (κ3) is 5.18. The van der Waals surface area contributed by atoms with Gasteiger partial charge in [-0.15, -0.1) is 12.4 Å².